The van der Waals surface area contributed by atoms with Crippen LogP contribution in [0, 0.1) is 0 Å². The summed E-state index contributed by atoms with van der Waals surface area (Å²) in [5.74, 6) is -3.87. The monoisotopic (exact) mass is 315 g/mol. The standard InChI is InChI=1S/C14H11N3O6/c1-23-9-6-7(13(19)20)2-3-8(9)17-12(18)10-11(14(21)22)16-5-4-15-10/h2-6H,1H3,(H,17,18)(H,19,20)(H,21,22)/p-2. The molecule has 1 amide bonds. The van der Waals surface area contributed by atoms with Crippen LogP contribution in [0.15, 0.2) is 30.6 Å². The van der Waals surface area contributed by atoms with Crippen molar-refractivity contribution in [1.29, 1.82) is 0 Å². The summed E-state index contributed by atoms with van der Waals surface area (Å²) in [7, 11) is 1.28. The molecular formula is C14H9N3O6-2. The first-order valence-electron chi connectivity index (χ1n) is 6.17. The van der Waals surface area contributed by atoms with Crippen molar-refractivity contribution in [3.05, 3.63) is 47.5 Å². The lowest BCUT2D eigenvalue weighted by Crippen LogP contribution is -2.28. The third kappa shape index (κ3) is 3.40. The number of carbonyl (C=O) groups excluding carboxylic acids is 3. The second kappa shape index (κ2) is 6.52. The van der Waals surface area contributed by atoms with Crippen molar-refractivity contribution in [3.8, 4) is 5.75 Å². The van der Waals surface area contributed by atoms with Gasteiger partial charge in [0.2, 0.25) is 0 Å². The van der Waals surface area contributed by atoms with Crippen molar-refractivity contribution in [2.45, 2.75) is 0 Å². The van der Waals surface area contributed by atoms with Crippen LogP contribution in [0.2, 0.25) is 0 Å². The molecule has 0 bridgehead atoms. The highest BCUT2D eigenvalue weighted by atomic mass is 16.5. The van der Waals surface area contributed by atoms with E-state index < -0.39 is 29.2 Å². The lowest BCUT2D eigenvalue weighted by molar-refractivity contribution is -0.256. The molecule has 9 heteroatoms. The van der Waals surface area contributed by atoms with Gasteiger partial charge in [0, 0.05) is 18.0 Å². The third-order valence-electron chi connectivity index (χ3n) is 2.79. The zero-order valence-corrected chi connectivity index (χ0v) is 11.7. The second-order valence-corrected chi connectivity index (χ2v) is 4.20. The maximum Gasteiger partial charge on any atom is 0.276 e. The molecule has 0 fully saturated rings. The van der Waals surface area contributed by atoms with Crippen molar-refractivity contribution >= 4 is 23.5 Å². The van der Waals surface area contributed by atoms with Gasteiger partial charge in [-0.1, -0.05) is 6.07 Å². The van der Waals surface area contributed by atoms with E-state index in [1.807, 2.05) is 0 Å². The molecule has 9 nitrogen and oxygen atoms in total. The van der Waals surface area contributed by atoms with Gasteiger partial charge in [-0.2, -0.15) is 0 Å². The molecule has 0 atom stereocenters. The van der Waals surface area contributed by atoms with Gasteiger partial charge in [0.1, 0.15) is 11.4 Å². The molecular weight excluding hydrogens is 306 g/mol. The number of amides is 1. The van der Waals surface area contributed by atoms with Crippen molar-refractivity contribution < 1.29 is 29.3 Å². The second-order valence-electron chi connectivity index (χ2n) is 4.20. The number of benzene rings is 1. The number of carboxylic acids is 2. The molecule has 2 rings (SSSR count). The quantitative estimate of drug-likeness (QED) is 0.699. The van der Waals surface area contributed by atoms with Crippen LogP contribution >= 0.6 is 0 Å². The minimum Gasteiger partial charge on any atom is -0.545 e. The van der Waals surface area contributed by atoms with Gasteiger partial charge in [0.15, 0.2) is 5.69 Å². The number of carboxylic acid groups (broad SMARTS) is 2. The fourth-order valence-corrected chi connectivity index (χ4v) is 1.76. The molecule has 0 radical (unpaired) electrons. The molecule has 118 valence electrons. The van der Waals surface area contributed by atoms with Gasteiger partial charge in [-0.3, -0.25) is 9.78 Å². The predicted octanol–water partition coefficient (Wildman–Crippen LogP) is -1.54. The summed E-state index contributed by atoms with van der Waals surface area (Å²) in [5, 5.41) is 24.1. The number of rotatable bonds is 5. The van der Waals surface area contributed by atoms with Gasteiger partial charge < -0.3 is 29.9 Å². The van der Waals surface area contributed by atoms with Gasteiger partial charge in [0.05, 0.1) is 24.7 Å². The van der Waals surface area contributed by atoms with Gasteiger partial charge in [-0.15, -0.1) is 0 Å². The lowest BCUT2D eigenvalue weighted by Gasteiger charge is -2.13. The average Bonchev–Trinajstić information content (AvgIpc) is 2.54. The molecule has 1 aromatic heterocycles. The van der Waals surface area contributed by atoms with E-state index in [1.54, 1.807) is 0 Å². The summed E-state index contributed by atoms with van der Waals surface area (Å²) in [6.07, 6.45) is 2.26. The summed E-state index contributed by atoms with van der Waals surface area (Å²) in [6.45, 7) is 0. The van der Waals surface area contributed by atoms with E-state index in [2.05, 4.69) is 15.3 Å². The van der Waals surface area contributed by atoms with Crippen LogP contribution in [0.1, 0.15) is 31.3 Å². The SMILES string of the molecule is COc1cc(C(=O)[O-])ccc1NC(=O)c1nccnc1C(=O)[O-]. The number of nitrogens with one attached hydrogen (secondary N) is 1. The predicted molar refractivity (Wildman–Crippen MR) is 71.6 cm³/mol. The van der Waals surface area contributed by atoms with Crippen molar-refractivity contribution in [2.75, 3.05) is 12.4 Å². The minimum atomic E-state index is -1.65. The number of anilines is 1. The Morgan fingerprint density at radius 2 is 1.70 bits per heavy atom. The smallest absolute Gasteiger partial charge is 0.276 e. The summed E-state index contributed by atoms with van der Waals surface area (Å²) >= 11 is 0. The molecule has 0 spiro atoms. The molecule has 0 aliphatic heterocycles. The first-order chi connectivity index (χ1) is 10.9. The Morgan fingerprint density at radius 3 is 2.26 bits per heavy atom. The molecule has 0 aliphatic rings. The van der Waals surface area contributed by atoms with E-state index in [9.17, 15) is 24.6 Å². The number of carbonyl (C=O) groups is 3. The van der Waals surface area contributed by atoms with Crippen LogP contribution in [0.25, 0.3) is 0 Å². The molecule has 23 heavy (non-hydrogen) atoms. The number of nitrogens with zero attached hydrogens (tertiary/aromatic N) is 2. The summed E-state index contributed by atoms with van der Waals surface area (Å²) < 4.78 is 4.98. The Morgan fingerprint density at radius 1 is 1.04 bits per heavy atom. The Balaban J connectivity index is 2.34. The van der Waals surface area contributed by atoms with Crippen molar-refractivity contribution in [2.24, 2.45) is 0 Å². The summed E-state index contributed by atoms with van der Waals surface area (Å²) in [6, 6.07) is 3.63. The topological polar surface area (TPSA) is 144 Å². The number of aromatic nitrogens is 2. The molecule has 1 aromatic carbocycles. The van der Waals surface area contributed by atoms with Crippen LogP contribution in [-0.4, -0.2) is 34.9 Å². The maximum atomic E-state index is 12.1. The van der Waals surface area contributed by atoms with E-state index in [-0.39, 0.29) is 17.0 Å². The third-order valence-corrected chi connectivity index (χ3v) is 2.79. The number of hydrogen-bond donors (Lipinski definition) is 1. The molecule has 1 N–H and O–H groups in total. The van der Waals surface area contributed by atoms with Crippen LogP contribution in [0.5, 0.6) is 5.75 Å². The Labute approximate surface area is 129 Å². The highest BCUT2D eigenvalue weighted by Gasteiger charge is 2.17. The van der Waals surface area contributed by atoms with E-state index in [4.69, 9.17) is 4.74 Å². The number of methoxy groups -OCH3 is 1. The summed E-state index contributed by atoms with van der Waals surface area (Å²) in [4.78, 5) is 41.0. The van der Waals surface area contributed by atoms with Crippen molar-refractivity contribution in [1.82, 2.24) is 9.97 Å². The fourth-order valence-electron chi connectivity index (χ4n) is 1.76. The van der Waals surface area contributed by atoms with Crippen LogP contribution in [0.3, 0.4) is 0 Å². The molecule has 0 aliphatic carbocycles. The zero-order valence-electron chi connectivity index (χ0n) is 11.7. The molecule has 0 saturated heterocycles. The Kier molecular flexibility index (Phi) is 4.50. The maximum absolute atomic E-state index is 12.1. The molecule has 0 unspecified atom stereocenters. The van der Waals surface area contributed by atoms with E-state index in [0.29, 0.717) is 0 Å². The van der Waals surface area contributed by atoms with Gasteiger partial charge in [-0.25, -0.2) is 4.98 Å². The highest BCUT2D eigenvalue weighted by molar-refractivity contribution is 6.08. The van der Waals surface area contributed by atoms with Crippen LogP contribution in [-0.2, 0) is 0 Å². The van der Waals surface area contributed by atoms with E-state index >= 15 is 0 Å². The summed E-state index contributed by atoms with van der Waals surface area (Å²) in [5.41, 5.74) is -1.08. The number of hydrogen-bond acceptors (Lipinski definition) is 8. The first kappa shape index (κ1) is 15.9. The fraction of sp³-hybridized carbons (Fsp3) is 0.0714. The van der Waals surface area contributed by atoms with Gasteiger partial charge >= 0.3 is 0 Å². The highest BCUT2D eigenvalue weighted by Crippen LogP contribution is 2.26. The largest absolute Gasteiger partial charge is 0.545 e. The number of aromatic carboxylic acids is 2. The Hall–Kier alpha value is -3.49. The molecule has 0 saturated carbocycles. The molecule has 2 aromatic rings. The number of ether oxygens (including phenoxy) is 1. The zero-order chi connectivity index (χ0) is 17.0. The van der Waals surface area contributed by atoms with Crippen LogP contribution in [0.4, 0.5) is 5.69 Å². The molecule has 1 heterocycles. The van der Waals surface area contributed by atoms with E-state index in [1.165, 1.54) is 19.2 Å². The lowest BCUT2D eigenvalue weighted by atomic mass is 10.2. The first-order valence-corrected chi connectivity index (χ1v) is 6.17. The van der Waals surface area contributed by atoms with Gasteiger partial charge in [0.25, 0.3) is 5.91 Å². The van der Waals surface area contributed by atoms with E-state index in [0.717, 1.165) is 18.5 Å². The van der Waals surface area contributed by atoms with Crippen molar-refractivity contribution in [3.63, 3.8) is 0 Å². The minimum absolute atomic E-state index is 0.0546. The normalized spacial score (nSPS) is 9.96. The van der Waals surface area contributed by atoms with Crippen LogP contribution < -0.4 is 20.3 Å². The Bertz CT molecular complexity index is 790. The van der Waals surface area contributed by atoms with Gasteiger partial charge in [-0.05, 0) is 12.1 Å². The average molecular weight is 315 g/mol.